The molecule has 0 atom stereocenters. The van der Waals surface area contributed by atoms with Crippen LogP contribution in [0.4, 0.5) is 5.69 Å². The lowest BCUT2D eigenvalue weighted by Gasteiger charge is -2.05. The van der Waals surface area contributed by atoms with Crippen LogP contribution >= 0.6 is 15.9 Å². The van der Waals surface area contributed by atoms with Crippen LogP contribution in [0.15, 0.2) is 72.8 Å². The third-order valence-electron chi connectivity index (χ3n) is 4.69. The Kier molecular flexibility index (Phi) is 7.77. The van der Waals surface area contributed by atoms with Crippen molar-refractivity contribution in [2.45, 2.75) is 25.7 Å². The van der Waals surface area contributed by atoms with E-state index in [1.54, 1.807) is 30.3 Å². The molecule has 0 radical (unpaired) electrons. The maximum absolute atomic E-state index is 12.4. The minimum atomic E-state index is -0.0641. The predicted molar refractivity (Wildman–Crippen MR) is 125 cm³/mol. The molecule has 3 aromatic carbocycles. The number of carbonyl (C=O) groups excluding carboxylic acids is 2. The van der Waals surface area contributed by atoms with Crippen molar-refractivity contribution in [2.24, 2.45) is 0 Å². The van der Waals surface area contributed by atoms with Gasteiger partial charge >= 0.3 is 0 Å². The molecular weight excluding hydrogens is 426 g/mol. The van der Waals surface area contributed by atoms with Gasteiger partial charge in [-0.05, 0) is 65.6 Å². The van der Waals surface area contributed by atoms with Crippen LogP contribution < -0.4 is 5.32 Å². The Hall–Kier alpha value is -2.72. The number of halogens is 1. The van der Waals surface area contributed by atoms with E-state index in [1.165, 1.54) is 5.39 Å². The third-order valence-corrected chi connectivity index (χ3v) is 5.25. The van der Waals surface area contributed by atoms with E-state index in [-0.39, 0.29) is 11.7 Å². The Morgan fingerprint density at radius 3 is 2.38 bits per heavy atom. The normalized spacial score (nSPS) is 11.1. The van der Waals surface area contributed by atoms with Crippen LogP contribution in [-0.4, -0.2) is 17.0 Å². The number of nitrogens with one attached hydrogen (secondary N) is 1. The first-order valence-electron chi connectivity index (χ1n) is 9.83. The standard InChI is InChI=1S/C25H24BrNO2/c26-17-5-1-2-8-25(29)27-23-14-12-21(13-15-23)24(28)16-10-19-9-11-20-6-3-4-7-22(20)18-19/h3-4,6-7,9-16,18H,1-2,5,8,17H2,(H,27,29)/b16-10+. The highest BCUT2D eigenvalue weighted by Gasteiger charge is 2.05. The third kappa shape index (κ3) is 6.40. The average molecular weight is 450 g/mol. The smallest absolute Gasteiger partial charge is 0.224 e. The van der Waals surface area contributed by atoms with Gasteiger partial charge in [-0.2, -0.15) is 0 Å². The average Bonchev–Trinajstić information content (AvgIpc) is 2.75. The Morgan fingerprint density at radius 1 is 0.862 bits per heavy atom. The summed E-state index contributed by atoms with van der Waals surface area (Å²) in [5.74, 6) is -0.0549. The molecule has 0 aliphatic heterocycles. The summed E-state index contributed by atoms with van der Waals surface area (Å²) in [5, 5.41) is 6.18. The minimum Gasteiger partial charge on any atom is -0.326 e. The summed E-state index contributed by atoms with van der Waals surface area (Å²) in [6.45, 7) is 0. The number of hydrogen-bond acceptors (Lipinski definition) is 2. The van der Waals surface area contributed by atoms with E-state index in [0.29, 0.717) is 17.7 Å². The number of benzene rings is 3. The molecule has 0 bridgehead atoms. The van der Waals surface area contributed by atoms with Crippen LogP contribution in [0.1, 0.15) is 41.6 Å². The summed E-state index contributed by atoms with van der Waals surface area (Å²) in [6, 6.07) is 21.3. The van der Waals surface area contributed by atoms with Gasteiger partial charge in [0.1, 0.15) is 0 Å². The molecule has 4 heteroatoms. The number of amides is 1. The van der Waals surface area contributed by atoms with Gasteiger partial charge < -0.3 is 5.32 Å². The maximum atomic E-state index is 12.4. The van der Waals surface area contributed by atoms with Crippen LogP contribution in [0.2, 0.25) is 0 Å². The second-order valence-corrected chi connectivity index (χ2v) is 7.72. The number of alkyl halides is 1. The molecule has 148 valence electrons. The van der Waals surface area contributed by atoms with Crippen LogP contribution in [0.5, 0.6) is 0 Å². The Balaban J connectivity index is 1.56. The van der Waals surface area contributed by atoms with E-state index in [1.807, 2.05) is 24.3 Å². The van der Waals surface area contributed by atoms with Gasteiger partial charge in [0.2, 0.25) is 5.91 Å². The van der Waals surface area contributed by atoms with Crippen molar-refractivity contribution in [3.05, 3.63) is 83.9 Å². The van der Waals surface area contributed by atoms with Gasteiger partial charge in [0.15, 0.2) is 5.78 Å². The quantitative estimate of drug-likeness (QED) is 0.172. The molecule has 3 aromatic rings. The summed E-state index contributed by atoms with van der Waals surface area (Å²) in [4.78, 5) is 24.4. The molecule has 1 N–H and O–H groups in total. The van der Waals surface area contributed by atoms with Crippen LogP contribution in [-0.2, 0) is 4.79 Å². The fourth-order valence-corrected chi connectivity index (χ4v) is 3.47. The first-order chi connectivity index (χ1) is 14.2. The SMILES string of the molecule is O=C(CCCCCBr)Nc1ccc(C(=O)/C=C/c2ccc3ccccc3c2)cc1. The van der Waals surface area contributed by atoms with Crippen molar-refractivity contribution in [3.8, 4) is 0 Å². The van der Waals surface area contributed by atoms with Crippen molar-refractivity contribution in [1.82, 2.24) is 0 Å². The number of rotatable bonds is 9. The van der Waals surface area contributed by atoms with Crippen LogP contribution in [0.25, 0.3) is 16.8 Å². The second-order valence-electron chi connectivity index (χ2n) is 6.93. The fourth-order valence-electron chi connectivity index (χ4n) is 3.08. The molecule has 0 aliphatic rings. The number of anilines is 1. The van der Waals surface area contributed by atoms with Gasteiger partial charge in [0, 0.05) is 23.0 Å². The predicted octanol–water partition coefficient (Wildman–Crippen LogP) is 6.63. The number of ketones is 1. The molecule has 0 spiro atoms. The summed E-state index contributed by atoms with van der Waals surface area (Å²) in [6.07, 6.45) is 6.93. The monoisotopic (exact) mass is 449 g/mol. The molecule has 0 saturated carbocycles. The molecule has 0 aromatic heterocycles. The number of allylic oxidation sites excluding steroid dienone is 1. The molecule has 3 rings (SSSR count). The van der Waals surface area contributed by atoms with Gasteiger partial charge in [-0.25, -0.2) is 0 Å². The summed E-state index contributed by atoms with van der Waals surface area (Å²) < 4.78 is 0. The highest BCUT2D eigenvalue weighted by molar-refractivity contribution is 9.09. The molecule has 0 aliphatic carbocycles. The van der Waals surface area contributed by atoms with Crippen LogP contribution in [0.3, 0.4) is 0 Å². The maximum Gasteiger partial charge on any atom is 0.224 e. The van der Waals surface area contributed by atoms with Gasteiger partial charge in [0.25, 0.3) is 0 Å². The van der Waals surface area contributed by atoms with Crippen molar-refractivity contribution >= 4 is 50.2 Å². The van der Waals surface area contributed by atoms with Crippen molar-refractivity contribution in [2.75, 3.05) is 10.6 Å². The van der Waals surface area contributed by atoms with E-state index < -0.39 is 0 Å². The molecule has 1 amide bonds. The molecule has 3 nitrogen and oxygen atoms in total. The molecule has 29 heavy (non-hydrogen) atoms. The second kappa shape index (κ2) is 10.7. The molecule has 0 unspecified atom stereocenters. The van der Waals surface area contributed by atoms with Gasteiger partial charge in [-0.15, -0.1) is 0 Å². The van der Waals surface area contributed by atoms with E-state index in [2.05, 4.69) is 45.5 Å². The Labute approximate surface area is 180 Å². The van der Waals surface area contributed by atoms with E-state index in [0.717, 1.165) is 35.5 Å². The fraction of sp³-hybridized carbons (Fsp3) is 0.200. The Bertz CT molecular complexity index is 1010. The summed E-state index contributed by atoms with van der Waals surface area (Å²) >= 11 is 3.39. The number of unbranched alkanes of at least 4 members (excludes halogenated alkanes) is 2. The highest BCUT2D eigenvalue weighted by Crippen LogP contribution is 2.17. The number of hydrogen-bond donors (Lipinski definition) is 1. The lowest BCUT2D eigenvalue weighted by atomic mass is 10.1. The lowest BCUT2D eigenvalue weighted by Crippen LogP contribution is -2.11. The lowest BCUT2D eigenvalue weighted by molar-refractivity contribution is -0.116. The molecule has 0 heterocycles. The van der Waals surface area contributed by atoms with Crippen LogP contribution in [0, 0.1) is 0 Å². The van der Waals surface area contributed by atoms with Gasteiger partial charge in [0.05, 0.1) is 0 Å². The zero-order chi connectivity index (χ0) is 20.5. The minimum absolute atomic E-state index is 0.00912. The summed E-state index contributed by atoms with van der Waals surface area (Å²) in [5.41, 5.74) is 2.30. The zero-order valence-electron chi connectivity index (χ0n) is 16.2. The van der Waals surface area contributed by atoms with E-state index in [9.17, 15) is 9.59 Å². The van der Waals surface area contributed by atoms with Crippen molar-refractivity contribution in [3.63, 3.8) is 0 Å². The largest absolute Gasteiger partial charge is 0.326 e. The van der Waals surface area contributed by atoms with Crippen molar-refractivity contribution < 1.29 is 9.59 Å². The highest BCUT2D eigenvalue weighted by atomic mass is 79.9. The topological polar surface area (TPSA) is 46.2 Å². The Morgan fingerprint density at radius 2 is 1.62 bits per heavy atom. The summed E-state index contributed by atoms with van der Waals surface area (Å²) in [7, 11) is 0. The number of fused-ring (bicyclic) bond motifs is 1. The van der Waals surface area contributed by atoms with E-state index in [4.69, 9.17) is 0 Å². The molecule has 0 saturated heterocycles. The zero-order valence-corrected chi connectivity index (χ0v) is 17.8. The first kappa shape index (κ1) is 21.0. The van der Waals surface area contributed by atoms with Gasteiger partial charge in [-0.1, -0.05) is 64.8 Å². The van der Waals surface area contributed by atoms with Crippen molar-refractivity contribution in [1.29, 1.82) is 0 Å². The van der Waals surface area contributed by atoms with Gasteiger partial charge in [-0.3, -0.25) is 9.59 Å². The van der Waals surface area contributed by atoms with E-state index >= 15 is 0 Å². The molecule has 0 fully saturated rings. The molecular formula is C25H24BrNO2. The number of carbonyl (C=O) groups is 2. The first-order valence-corrected chi connectivity index (χ1v) is 10.9.